The van der Waals surface area contributed by atoms with Crippen molar-refractivity contribution in [1.29, 1.82) is 0 Å². The predicted octanol–water partition coefficient (Wildman–Crippen LogP) is 1.76. The normalized spacial score (nSPS) is 10.2. The minimum absolute atomic E-state index is 0.174. The van der Waals surface area contributed by atoms with Crippen molar-refractivity contribution >= 4 is 11.7 Å². The van der Waals surface area contributed by atoms with Crippen LogP contribution < -0.4 is 10.3 Å². The van der Waals surface area contributed by atoms with Crippen LogP contribution in [0.1, 0.15) is 21.6 Å². The highest BCUT2D eigenvalue weighted by Crippen LogP contribution is 2.12. The molecule has 19 heavy (non-hydrogen) atoms. The zero-order chi connectivity index (χ0) is 13.8. The molecule has 0 radical (unpaired) electrons. The number of rotatable bonds is 3. The molecule has 2 rings (SSSR count). The van der Waals surface area contributed by atoms with Gasteiger partial charge in [0, 0.05) is 13.0 Å². The van der Waals surface area contributed by atoms with Gasteiger partial charge >= 0.3 is 5.97 Å². The first-order valence-corrected chi connectivity index (χ1v) is 6.04. The predicted molar refractivity (Wildman–Crippen MR) is 72.3 cm³/mol. The van der Waals surface area contributed by atoms with Gasteiger partial charge in [-0.25, -0.2) is 9.36 Å². The second kappa shape index (κ2) is 5.52. The molecule has 0 aliphatic carbocycles. The van der Waals surface area contributed by atoms with Crippen LogP contribution in [0.5, 0.6) is 0 Å². The standard InChI is InChI=1S/C15H16N2O2/c1-11-8-14(16)13(9-17(11)2)10-19-15(18)12-6-4-3-5-7-12/h3-9,16H,10H2,1-2H3/p+1. The summed E-state index contributed by atoms with van der Waals surface area (Å²) in [7, 11) is 1.93. The largest absolute Gasteiger partial charge is 0.457 e. The average molecular weight is 257 g/mol. The van der Waals surface area contributed by atoms with Crippen molar-refractivity contribution < 1.29 is 14.1 Å². The van der Waals surface area contributed by atoms with Gasteiger partial charge in [-0.15, -0.1) is 0 Å². The minimum atomic E-state index is -0.344. The molecular weight excluding hydrogens is 240 g/mol. The summed E-state index contributed by atoms with van der Waals surface area (Å²) in [6.07, 6.45) is 1.88. The van der Waals surface area contributed by atoms with Gasteiger partial charge < -0.3 is 10.5 Å². The first-order chi connectivity index (χ1) is 9.08. The van der Waals surface area contributed by atoms with Gasteiger partial charge in [0.15, 0.2) is 11.9 Å². The molecule has 2 aromatic rings. The molecule has 1 heterocycles. The zero-order valence-electron chi connectivity index (χ0n) is 11.1. The first-order valence-electron chi connectivity index (χ1n) is 6.04. The molecule has 0 saturated carbocycles. The fraction of sp³-hybridized carbons (Fsp3) is 0.200. The van der Waals surface area contributed by atoms with Gasteiger partial charge in [0.1, 0.15) is 13.7 Å². The van der Waals surface area contributed by atoms with Crippen molar-refractivity contribution in [3.8, 4) is 0 Å². The third-order valence-electron chi connectivity index (χ3n) is 3.01. The Morgan fingerprint density at radius 3 is 2.68 bits per heavy atom. The molecule has 1 aromatic heterocycles. The number of pyridine rings is 1. The van der Waals surface area contributed by atoms with Crippen LogP contribution in [0.15, 0.2) is 42.6 Å². The number of carbonyl (C=O) groups is 1. The van der Waals surface area contributed by atoms with E-state index in [0.717, 1.165) is 11.3 Å². The van der Waals surface area contributed by atoms with E-state index in [1.807, 2.05) is 36.9 Å². The molecule has 0 bridgehead atoms. The number of nitrogens with zero attached hydrogens (tertiary/aromatic N) is 1. The van der Waals surface area contributed by atoms with Crippen LogP contribution in [-0.4, -0.2) is 5.97 Å². The van der Waals surface area contributed by atoms with E-state index < -0.39 is 0 Å². The first kappa shape index (κ1) is 13.1. The number of ether oxygens (including phenoxy) is 1. The third-order valence-corrected chi connectivity index (χ3v) is 3.01. The molecule has 1 aromatic carbocycles. The van der Waals surface area contributed by atoms with Gasteiger partial charge in [0.05, 0.1) is 16.8 Å². The van der Waals surface area contributed by atoms with Crippen molar-refractivity contribution in [3.05, 3.63) is 59.4 Å². The second-order valence-corrected chi connectivity index (χ2v) is 4.45. The molecule has 4 heteroatoms. The summed E-state index contributed by atoms with van der Waals surface area (Å²) in [4.78, 5) is 11.8. The van der Waals surface area contributed by atoms with Gasteiger partial charge in [-0.2, -0.15) is 0 Å². The maximum absolute atomic E-state index is 11.8. The Hall–Kier alpha value is -2.36. The Labute approximate surface area is 112 Å². The van der Waals surface area contributed by atoms with E-state index in [1.54, 1.807) is 24.3 Å². The molecule has 0 atom stereocenters. The van der Waals surface area contributed by atoms with Crippen LogP contribution in [0.3, 0.4) is 0 Å². The number of aromatic nitrogens is 1. The van der Waals surface area contributed by atoms with Crippen molar-refractivity contribution in [2.45, 2.75) is 13.5 Å². The molecular formula is C15H17N2O2+. The van der Waals surface area contributed by atoms with Gasteiger partial charge in [-0.3, -0.25) is 0 Å². The fourth-order valence-electron chi connectivity index (χ4n) is 1.75. The van der Waals surface area contributed by atoms with E-state index in [4.69, 9.17) is 10.5 Å². The number of aryl methyl sites for hydroxylation is 2. The van der Waals surface area contributed by atoms with Crippen molar-refractivity contribution in [3.63, 3.8) is 0 Å². The number of carbonyl (C=O) groups excluding carboxylic acids is 1. The highest BCUT2D eigenvalue weighted by Gasteiger charge is 2.12. The van der Waals surface area contributed by atoms with Crippen molar-refractivity contribution in [1.82, 2.24) is 0 Å². The average Bonchev–Trinajstić information content (AvgIpc) is 2.42. The van der Waals surface area contributed by atoms with Gasteiger partial charge in [-0.1, -0.05) is 18.2 Å². The quantitative estimate of drug-likeness (QED) is 0.673. The molecule has 0 fully saturated rings. The SMILES string of the molecule is Cc1cc(N)c(COC(=O)c2ccccc2)c[n+]1C. The molecule has 0 spiro atoms. The fourth-order valence-corrected chi connectivity index (χ4v) is 1.75. The van der Waals surface area contributed by atoms with E-state index >= 15 is 0 Å². The maximum atomic E-state index is 11.8. The number of nitrogen functional groups attached to an aromatic ring is 1. The second-order valence-electron chi connectivity index (χ2n) is 4.45. The van der Waals surface area contributed by atoms with E-state index in [2.05, 4.69) is 0 Å². The Balaban J connectivity index is 2.07. The Morgan fingerprint density at radius 1 is 1.32 bits per heavy atom. The summed E-state index contributed by atoms with van der Waals surface area (Å²) >= 11 is 0. The number of hydrogen-bond acceptors (Lipinski definition) is 3. The smallest absolute Gasteiger partial charge is 0.338 e. The van der Waals surface area contributed by atoms with Gasteiger partial charge in [-0.05, 0) is 12.1 Å². The van der Waals surface area contributed by atoms with Crippen LogP contribution in [-0.2, 0) is 18.4 Å². The minimum Gasteiger partial charge on any atom is -0.457 e. The number of esters is 1. The molecule has 4 nitrogen and oxygen atoms in total. The van der Waals surface area contributed by atoms with Crippen molar-refractivity contribution in [2.75, 3.05) is 5.73 Å². The van der Waals surface area contributed by atoms with E-state index in [0.29, 0.717) is 11.3 Å². The van der Waals surface area contributed by atoms with Gasteiger partial charge in [0.2, 0.25) is 0 Å². The number of benzene rings is 1. The lowest BCUT2D eigenvalue weighted by Gasteiger charge is -2.07. The van der Waals surface area contributed by atoms with Crippen LogP contribution in [0.4, 0.5) is 5.69 Å². The molecule has 0 aliphatic heterocycles. The summed E-state index contributed by atoms with van der Waals surface area (Å²) in [5.74, 6) is -0.344. The summed E-state index contributed by atoms with van der Waals surface area (Å²) in [5.41, 5.74) is 8.94. The maximum Gasteiger partial charge on any atom is 0.338 e. The van der Waals surface area contributed by atoms with E-state index in [1.165, 1.54) is 0 Å². The summed E-state index contributed by atoms with van der Waals surface area (Å²) in [6.45, 7) is 2.14. The molecule has 0 unspecified atom stereocenters. The summed E-state index contributed by atoms with van der Waals surface area (Å²) < 4.78 is 7.20. The lowest BCUT2D eigenvalue weighted by atomic mass is 10.2. The van der Waals surface area contributed by atoms with Crippen LogP contribution in [0.25, 0.3) is 0 Å². The molecule has 0 saturated heterocycles. The highest BCUT2D eigenvalue weighted by molar-refractivity contribution is 5.89. The van der Waals surface area contributed by atoms with Crippen LogP contribution in [0, 0.1) is 6.92 Å². The molecule has 0 amide bonds. The lowest BCUT2D eigenvalue weighted by Crippen LogP contribution is -2.32. The van der Waals surface area contributed by atoms with Gasteiger partial charge in [0.25, 0.3) is 0 Å². The number of nitrogens with two attached hydrogens (primary N) is 1. The Morgan fingerprint density at radius 2 is 2.00 bits per heavy atom. The monoisotopic (exact) mass is 257 g/mol. The Bertz CT molecular complexity index is 595. The van der Waals surface area contributed by atoms with Crippen LogP contribution in [0.2, 0.25) is 0 Å². The molecule has 98 valence electrons. The molecule has 0 aliphatic rings. The summed E-state index contributed by atoms with van der Waals surface area (Å²) in [6, 6.07) is 10.8. The Kier molecular flexibility index (Phi) is 3.80. The number of hydrogen-bond donors (Lipinski definition) is 1. The number of anilines is 1. The summed E-state index contributed by atoms with van der Waals surface area (Å²) in [5, 5.41) is 0. The van der Waals surface area contributed by atoms with Crippen LogP contribution >= 0.6 is 0 Å². The van der Waals surface area contributed by atoms with E-state index in [9.17, 15) is 4.79 Å². The molecule has 2 N–H and O–H groups in total. The van der Waals surface area contributed by atoms with E-state index in [-0.39, 0.29) is 12.6 Å². The zero-order valence-corrected chi connectivity index (χ0v) is 11.1. The third kappa shape index (κ3) is 3.10. The lowest BCUT2D eigenvalue weighted by molar-refractivity contribution is -0.678. The van der Waals surface area contributed by atoms with Crippen molar-refractivity contribution in [2.24, 2.45) is 7.05 Å². The topological polar surface area (TPSA) is 56.2 Å². The highest BCUT2D eigenvalue weighted by atomic mass is 16.5.